The number of aromatic nitrogens is 2. The zero-order chi connectivity index (χ0) is 12.2. The van der Waals surface area contributed by atoms with Crippen molar-refractivity contribution in [3.63, 3.8) is 0 Å². The van der Waals surface area contributed by atoms with Crippen LogP contribution < -0.4 is 5.32 Å². The van der Waals surface area contributed by atoms with Crippen LogP contribution in [0, 0.1) is 0 Å². The van der Waals surface area contributed by atoms with Gasteiger partial charge in [-0.05, 0) is 30.1 Å². The summed E-state index contributed by atoms with van der Waals surface area (Å²) in [7, 11) is 0. The fourth-order valence-corrected chi connectivity index (χ4v) is 2.41. The molecule has 3 rings (SSSR count). The van der Waals surface area contributed by atoms with E-state index in [1.807, 2.05) is 30.3 Å². The molecule has 1 N–H and O–H groups in total. The molecular weight excluding hydrogens is 226 g/mol. The molecule has 0 radical (unpaired) electrons. The summed E-state index contributed by atoms with van der Waals surface area (Å²) in [4.78, 5) is 4.39. The predicted molar refractivity (Wildman–Crippen MR) is 70.2 cm³/mol. The van der Waals surface area contributed by atoms with E-state index in [0.717, 1.165) is 5.56 Å². The van der Waals surface area contributed by atoms with Gasteiger partial charge in [0.15, 0.2) is 0 Å². The Kier molecular flexibility index (Phi) is 3.26. The first kappa shape index (κ1) is 11.3. The largest absolute Gasteiger partial charge is 0.349 e. The molecular formula is C14H17N3O. The molecule has 1 heterocycles. The molecule has 2 aromatic rings. The average Bonchev–Trinajstić information content (AvgIpc) is 2.89. The second kappa shape index (κ2) is 5.21. The van der Waals surface area contributed by atoms with Crippen molar-refractivity contribution in [1.29, 1.82) is 0 Å². The number of nitrogens with one attached hydrogen (secondary N) is 1. The second-order valence-electron chi connectivity index (χ2n) is 4.77. The van der Waals surface area contributed by atoms with Gasteiger partial charge in [-0.15, -0.1) is 0 Å². The predicted octanol–water partition coefficient (Wildman–Crippen LogP) is 3.48. The van der Waals surface area contributed by atoms with Crippen LogP contribution >= 0.6 is 0 Å². The van der Waals surface area contributed by atoms with Gasteiger partial charge in [-0.2, -0.15) is 4.98 Å². The van der Waals surface area contributed by atoms with E-state index in [-0.39, 0.29) is 0 Å². The van der Waals surface area contributed by atoms with Crippen LogP contribution in [0.4, 0.5) is 5.95 Å². The van der Waals surface area contributed by atoms with Gasteiger partial charge in [0.1, 0.15) is 0 Å². The van der Waals surface area contributed by atoms with Crippen molar-refractivity contribution in [2.75, 3.05) is 5.32 Å². The summed E-state index contributed by atoms with van der Waals surface area (Å²) in [5, 5.41) is 7.34. The molecule has 4 heteroatoms. The zero-order valence-corrected chi connectivity index (χ0v) is 10.3. The highest BCUT2D eigenvalue weighted by atomic mass is 16.5. The van der Waals surface area contributed by atoms with Gasteiger partial charge >= 0.3 is 0 Å². The molecule has 1 fully saturated rings. The molecule has 1 aliphatic carbocycles. The highest BCUT2D eigenvalue weighted by Crippen LogP contribution is 2.22. The fraction of sp³-hybridized carbons (Fsp3) is 0.429. The van der Waals surface area contributed by atoms with E-state index in [2.05, 4.69) is 15.5 Å². The van der Waals surface area contributed by atoms with Gasteiger partial charge in [0.05, 0.1) is 0 Å². The molecule has 1 saturated carbocycles. The molecule has 1 aromatic carbocycles. The van der Waals surface area contributed by atoms with E-state index in [0.29, 0.717) is 17.9 Å². The second-order valence-corrected chi connectivity index (χ2v) is 4.77. The van der Waals surface area contributed by atoms with Crippen molar-refractivity contribution in [2.45, 2.75) is 38.1 Å². The summed E-state index contributed by atoms with van der Waals surface area (Å²) in [6, 6.07) is 10.3. The minimum atomic E-state index is 0.500. The van der Waals surface area contributed by atoms with Crippen molar-refractivity contribution >= 4 is 5.95 Å². The number of rotatable bonds is 3. The summed E-state index contributed by atoms with van der Waals surface area (Å²) < 4.78 is 5.27. The van der Waals surface area contributed by atoms with E-state index in [4.69, 9.17) is 4.52 Å². The Morgan fingerprint density at radius 2 is 1.83 bits per heavy atom. The SMILES string of the molecule is c1ccc(-c2nc(NC3CCCCC3)no2)cc1. The lowest BCUT2D eigenvalue weighted by Crippen LogP contribution is -2.22. The molecule has 0 saturated heterocycles. The molecule has 0 unspecified atom stereocenters. The van der Waals surface area contributed by atoms with Crippen LogP contribution in [-0.2, 0) is 0 Å². The summed E-state index contributed by atoms with van der Waals surface area (Å²) in [6.45, 7) is 0. The molecule has 1 aliphatic rings. The van der Waals surface area contributed by atoms with Gasteiger partial charge in [-0.3, -0.25) is 0 Å². The first-order valence-electron chi connectivity index (χ1n) is 6.57. The van der Waals surface area contributed by atoms with Crippen molar-refractivity contribution in [1.82, 2.24) is 10.1 Å². The summed E-state index contributed by atoms with van der Waals surface area (Å²) in [6.07, 6.45) is 6.34. The first-order valence-corrected chi connectivity index (χ1v) is 6.57. The number of hydrogen-bond acceptors (Lipinski definition) is 4. The molecule has 0 spiro atoms. The van der Waals surface area contributed by atoms with Crippen LogP contribution in [0.1, 0.15) is 32.1 Å². The smallest absolute Gasteiger partial charge is 0.263 e. The van der Waals surface area contributed by atoms with E-state index < -0.39 is 0 Å². The number of benzene rings is 1. The number of nitrogens with zero attached hydrogens (tertiary/aromatic N) is 2. The average molecular weight is 243 g/mol. The minimum absolute atomic E-state index is 0.500. The Morgan fingerprint density at radius 1 is 1.06 bits per heavy atom. The minimum Gasteiger partial charge on any atom is -0.349 e. The van der Waals surface area contributed by atoms with E-state index >= 15 is 0 Å². The first-order chi connectivity index (χ1) is 8.92. The maximum absolute atomic E-state index is 5.27. The maximum atomic E-state index is 5.27. The van der Waals surface area contributed by atoms with Crippen LogP contribution in [0.5, 0.6) is 0 Å². The van der Waals surface area contributed by atoms with Crippen LogP contribution in [0.15, 0.2) is 34.9 Å². The summed E-state index contributed by atoms with van der Waals surface area (Å²) >= 11 is 0. The number of hydrogen-bond donors (Lipinski definition) is 1. The van der Waals surface area contributed by atoms with Gasteiger partial charge in [0.25, 0.3) is 11.8 Å². The zero-order valence-electron chi connectivity index (χ0n) is 10.3. The topological polar surface area (TPSA) is 51.0 Å². The molecule has 0 aliphatic heterocycles. The van der Waals surface area contributed by atoms with Gasteiger partial charge in [-0.25, -0.2) is 0 Å². The molecule has 4 nitrogen and oxygen atoms in total. The van der Waals surface area contributed by atoms with Gasteiger partial charge in [0.2, 0.25) is 0 Å². The molecule has 0 bridgehead atoms. The van der Waals surface area contributed by atoms with Crippen LogP contribution in [0.25, 0.3) is 11.5 Å². The Bertz CT molecular complexity index is 489. The molecule has 94 valence electrons. The highest BCUT2D eigenvalue weighted by molar-refractivity contribution is 5.53. The Labute approximate surface area is 106 Å². The van der Waals surface area contributed by atoms with Gasteiger partial charge in [-0.1, -0.05) is 37.5 Å². The van der Waals surface area contributed by atoms with Crippen molar-refractivity contribution in [2.24, 2.45) is 0 Å². The quantitative estimate of drug-likeness (QED) is 0.896. The van der Waals surface area contributed by atoms with Crippen LogP contribution in [0.3, 0.4) is 0 Å². The molecule has 0 amide bonds. The van der Waals surface area contributed by atoms with Gasteiger partial charge < -0.3 is 9.84 Å². The van der Waals surface area contributed by atoms with E-state index in [1.165, 1.54) is 32.1 Å². The van der Waals surface area contributed by atoms with Crippen LogP contribution in [0.2, 0.25) is 0 Å². The third kappa shape index (κ3) is 2.53. The Balaban J connectivity index is 1.69. The van der Waals surface area contributed by atoms with E-state index in [1.54, 1.807) is 0 Å². The monoisotopic (exact) mass is 243 g/mol. The van der Waals surface area contributed by atoms with Crippen molar-refractivity contribution in [3.05, 3.63) is 30.3 Å². The highest BCUT2D eigenvalue weighted by Gasteiger charge is 2.16. The fourth-order valence-electron chi connectivity index (χ4n) is 2.41. The number of anilines is 1. The lowest BCUT2D eigenvalue weighted by molar-refractivity contribution is 0.425. The third-order valence-electron chi connectivity index (χ3n) is 3.39. The van der Waals surface area contributed by atoms with E-state index in [9.17, 15) is 0 Å². The van der Waals surface area contributed by atoms with Crippen molar-refractivity contribution in [3.8, 4) is 11.5 Å². The lowest BCUT2D eigenvalue weighted by atomic mass is 9.96. The third-order valence-corrected chi connectivity index (χ3v) is 3.39. The molecule has 0 atom stereocenters. The Morgan fingerprint density at radius 3 is 2.61 bits per heavy atom. The normalized spacial score (nSPS) is 16.7. The molecule has 1 aromatic heterocycles. The van der Waals surface area contributed by atoms with Gasteiger partial charge in [0, 0.05) is 11.6 Å². The summed E-state index contributed by atoms with van der Waals surface area (Å²) in [5.74, 6) is 1.19. The summed E-state index contributed by atoms with van der Waals surface area (Å²) in [5.41, 5.74) is 0.960. The Hall–Kier alpha value is -1.84. The standard InChI is InChI=1S/C14H17N3O/c1-3-7-11(8-4-1)13-16-14(17-18-13)15-12-9-5-2-6-10-12/h1,3-4,7-8,12H,2,5-6,9-10H2,(H,15,17). The molecule has 18 heavy (non-hydrogen) atoms. The maximum Gasteiger partial charge on any atom is 0.263 e. The lowest BCUT2D eigenvalue weighted by Gasteiger charge is -2.21. The van der Waals surface area contributed by atoms with Crippen molar-refractivity contribution < 1.29 is 4.52 Å². The van der Waals surface area contributed by atoms with Crippen LogP contribution in [-0.4, -0.2) is 16.2 Å².